The fourth-order valence-electron chi connectivity index (χ4n) is 2.29. The largest absolute Gasteiger partial charge is 0.378 e. The summed E-state index contributed by atoms with van der Waals surface area (Å²) >= 11 is 0. The number of aliphatic hydroxyl groups is 1. The van der Waals surface area contributed by atoms with E-state index in [0.717, 1.165) is 6.04 Å². The van der Waals surface area contributed by atoms with Crippen LogP contribution in [0.1, 0.15) is 26.7 Å². The third-order valence-corrected chi connectivity index (χ3v) is 5.32. The minimum atomic E-state index is -1.11. The van der Waals surface area contributed by atoms with Gasteiger partial charge in [-0.05, 0) is 19.9 Å². The molecule has 1 saturated heterocycles. The third kappa shape index (κ3) is 9.40. The molecule has 1 fully saturated rings. The molecule has 1 aliphatic rings. The van der Waals surface area contributed by atoms with Gasteiger partial charge in [0.2, 0.25) is 0 Å². The van der Waals surface area contributed by atoms with Gasteiger partial charge >= 0.3 is 0 Å². The van der Waals surface area contributed by atoms with Crippen molar-refractivity contribution in [1.82, 2.24) is 0 Å². The molecule has 23 heavy (non-hydrogen) atoms. The Hall–Kier alpha value is -0.493. The van der Waals surface area contributed by atoms with E-state index in [1.807, 2.05) is 19.9 Å². The molecule has 7 heteroatoms. The predicted octanol–water partition coefficient (Wildman–Crippen LogP) is 2.50. The molecule has 1 N–H and O–H groups in total. The molecule has 0 aromatic carbocycles. The summed E-state index contributed by atoms with van der Waals surface area (Å²) < 4.78 is 22.5. The van der Waals surface area contributed by atoms with Crippen LogP contribution >= 0.6 is 0 Å². The lowest BCUT2D eigenvalue weighted by Crippen LogP contribution is -2.29. The van der Waals surface area contributed by atoms with E-state index in [2.05, 4.69) is 19.6 Å². The summed E-state index contributed by atoms with van der Waals surface area (Å²) in [6, 6.07) is 2.91. The van der Waals surface area contributed by atoms with Crippen molar-refractivity contribution in [2.75, 3.05) is 20.0 Å². The van der Waals surface area contributed by atoms with Gasteiger partial charge in [0.25, 0.3) is 0 Å². The van der Waals surface area contributed by atoms with Crippen molar-refractivity contribution >= 4 is 8.07 Å². The van der Waals surface area contributed by atoms with E-state index < -0.39 is 20.0 Å². The monoisotopic (exact) mass is 345 g/mol. The van der Waals surface area contributed by atoms with Gasteiger partial charge in [-0.1, -0.05) is 19.6 Å². The van der Waals surface area contributed by atoms with Crippen molar-refractivity contribution in [2.45, 2.75) is 76.5 Å². The first-order chi connectivity index (χ1) is 10.6. The normalized spacial score (nSPS) is 23.4. The highest BCUT2D eigenvalue weighted by Gasteiger charge is 2.34. The zero-order valence-electron chi connectivity index (χ0n) is 15.0. The lowest BCUT2D eigenvalue weighted by Gasteiger charge is -2.23. The van der Waals surface area contributed by atoms with Gasteiger partial charge in [0, 0.05) is 27.5 Å². The highest BCUT2D eigenvalue weighted by atomic mass is 28.3. The molecule has 0 saturated carbocycles. The molecule has 0 aliphatic carbocycles. The highest BCUT2D eigenvalue weighted by Crippen LogP contribution is 2.26. The molecule has 1 heterocycles. The minimum Gasteiger partial charge on any atom is -0.378 e. The molecular formula is C16H31NO5Si. The Kier molecular flexibility index (Phi) is 8.14. The summed E-state index contributed by atoms with van der Waals surface area (Å²) in [7, 11) is -1.11. The Morgan fingerprint density at radius 2 is 2.09 bits per heavy atom. The van der Waals surface area contributed by atoms with Crippen LogP contribution in [0, 0.1) is 11.3 Å². The summed E-state index contributed by atoms with van der Waals surface area (Å²) in [5.74, 6) is -0.586. The summed E-state index contributed by atoms with van der Waals surface area (Å²) in [5, 5.41) is 18.4. The average molecular weight is 346 g/mol. The van der Waals surface area contributed by atoms with Gasteiger partial charge in [0.1, 0.15) is 12.9 Å². The summed E-state index contributed by atoms with van der Waals surface area (Å²) in [6.07, 6.45) is -0.618. The first kappa shape index (κ1) is 20.6. The summed E-state index contributed by atoms with van der Waals surface area (Å²) in [4.78, 5) is 0. The number of aliphatic hydroxyl groups excluding tert-OH is 1. The number of hydrogen-bond donors (Lipinski definition) is 1. The summed E-state index contributed by atoms with van der Waals surface area (Å²) in [6.45, 7) is 12.0. The molecule has 0 spiro atoms. The Bertz CT molecular complexity index is 391. The van der Waals surface area contributed by atoms with Crippen LogP contribution in [-0.2, 0) is 18.9 Å². The molecule has 0 aromatic rings. The van der Waals surface area contributed by atoms with E-state index in [1.165, 1.54) is 0 Å². The van der Waals surface area contributed by atoms with Crippen molar-refractivity contribution < 1.29 is 24.1 Å². The van der Waals surface area contributed by atoms with Crippen LogP contribution in [0.25, 0.3) is 0 Å². The van der Waals surface area contributed by atoms with Gasteiger partial charge in [-0.15, -0.1) is 0 Å². The number of hydrogen-bond acceptors (Lipinski definition) is 6. The zero-order valence-corrected chi connectivity index (χ0v) is 16.0. The van der Waals surface area contributed by atoms with E-state index in [9.17, 15) is 5.11 Å². The SMILES string of the molecule is CC1(C)OC[C@H](C[C@@H](CC(O)C#N)OCOCC[Si](C)(C)C)O1. The van der Waals surface area contributed by atoms with Crippen molar-refractivity contribution in [3.8, 4) is 6.07 Å². The van der Waals surface area contributed by atoms with E-state index >= 15 is 0 Å². The zero-order chi connectivity index (χ0) is 17.5. The minimum absolute atomic E-state index is 0.0946. The molecule has 134 valence electrons. The van der Waals surface area contributed by atoms with Crippen LogP contribution in [0.4, 0.5) is 0 Å². The van der Waals surface area contributed by atoms with Gasteiger partial charge in [-0.25, -0.2) is 0 Å². The van der Waals surface area contributed by atoms with E-state index in [4.69, 9.17) is 24.2 Å². The van der Waals surface area contributed by atoms with Crippen molar-refractivity contribution in [3.05, 3.63) is 0 Å². The van der Waals surface area contributed by atoms with Gasteiger partial charge in [-0.2, -0.15) is 5.26 Å². The fourth-order valence-corrected chi connectivity index (χ4v) is 3.04. The average Bonchev–Trinajstić information content (AvgIpc) is 2.75. The number of rotatable bonds is 10. The Balaban J connectivity index is 2.36. The van der Waals surface area contributed by atoms with Gasteiger partial charge in [0.15, 0.2) is 5.79 Å². The lowest BCUT2D eigenvalue weighted by atomic mass is 10.1. The van der Waals surface area contributed by atoms with Crippen LogP contribution in [-0.4, -0.2) is 57.3 Å². The maximum absolute atomic E-state index is 9.57. The van der Waals surface area contributed by atoms with Crippen LogP contribution in [0.3, 0.4) is 0 Å². The molecule has 0 aromatic heterocycles. The smallest absolute Gasteiger partial charge is 0.163 e. The topological polar surface area (TPSA) is 80.9 Å². The molecule has 6 nitrogen and oxygen atoms in total. The van der Waals surface area contributed by atoms with Crippen LogP contribution in [0.5, 0.6) is 0 Å². The predicted molar refractivity (Wildman–Crippen MR) is 89.6 cm³/mol. The quantitative estimate of drug-likeness (QED) is 0.283. The Labute approximate surface area is 140 Å². The molecule has 0 amide bonds. The number of nitrogens with zero attached hydrogens (tertiary/aromatic N) is 1. The van der Waals surface area contributed by atoms with Crippen LogP contribution in [0.15, 0.2) is 0 Å². The molecule has 3 atom stereocenters. The van der Waals surface area contributed by atoms with E-state index in [1.54, 1.807) is 0 Å². The molecule has 1 aliphatic heterocycles. The molecule has 1 rings (SSSR count). The Morgan fingerprint density at radius 3 is 2.61 bits per heavy atom. The Morgan fingerprint density at radius 1 is 1.39 bits per heavy atom. The van der Waals surface area contributed by atoms with Crippen molar-refractivity contribution in [3.63, 3.8) is 0 Å². The van der Waals surface area contributed by atoms with Crippen LogP contribution in [0.2, 0.25) is 25.7 Å². The van der Waals surface area contributed by atoms with E-state index in [-0.39, 0.29) is 25.4 Å². The molecular weight excluding hydrogens is 314 g/mol. The third-order valence-electron chi connectivity index (χ3n) is 3.61. The highest BCUT2D eigenvalue weighted by molar-refractivity contribution is 6.76. The van der Waals surface area contributed by atoms with Crippen LogP contribution < -0.4 is 0 Å². The fraction of sp³-hybridized carbons (Fsp3) is 0.938. The van der Waals surface area contributed by atoms with Gasteiger partial charge in [-0.3, -0.25) is 0 Å². The molecule has 1 unspecified atom stereocenters. The molecule has 0 radical (unpaired) electrons. The number of nitriles is 1. The first-order valence-corrected chi connectivity index (χ1v) is 11.9. The first-order valence-electron chi connectivity index (χ1n) is 8.20. The second-order valence-electron chi connectivity index (χ2n) is 7.69. The van der Waals surface area contributed by atoms with Gasteiger partial charge < -0.3 is 24.1 Å². The van der Waals surface area contributed by atoms with Gasteiger partial charge in [0.05, 0.1) is 24.9 Å². The van der Waals surface area contributed by atoms with Crippen molar-refractivity contribution in [1.29, 1.82) is 5.26 Å². The maximum atomic E-state index is 9.57. The summed E-state index contributed by atoms with van der Waals surface area (Å²) in [5.41, 5.74) is 0. The standard InChI is InChI=1S/C16H31NO5Si/c1-16(2)21-11-15(22-16)9-14(8-13(18)10-17)20-12-19-6-7-23(3,4)5/h13-15,18H,6-9,11-12H2,1-5H3/t13?,14-,15+/m1/s1. The molecule has 0 bridgehead atoms. The second kappa shape index (κ2) is 9.11. The van der Waals surface area contributed by atoms with Crippen molar-refractivity contribution in [2.24, 2.45) is 0 Å². The number of ether oxygens (including phenoxy) is 4. The van der Waals surface area contributed by atoms with E-state index in [0.29, 0.717) is 19.6 Å². The second-order valence-corrected chi connectivity index (χ2v) is 13.3. The maximum Gasteiger partial charge on any atom is 0.163 e. The lowest BCUT2D eigenvalue weighted by molar-refractivity contribution is -0.148.